The number of fused-ring (bicyclic) bond motifs is 4. The van der Waals surface area contributed by atoms with Crippen molar-refractivity contribution in [3.8, 4) is 0 Å². The molecular weight excluding hydrogens is 669 g/mol. The molecule has 4 heterocycles. The third-order valence-corrected chi connectivity index (χ3v) is 9.10. The van der Waals surface area contributed by atoms with E-state index in [1.165, 1.54) is 9.47 Å². The van der Waals surface area contributed by atoms with Crippen LogP contribution in [0.2, 0.25) is 0 Å². The molecule has 0 fully saturated rings. The molecule has 0 N–H and O–H groups in total. The van der Waals surface area contributed by atoms with Crippen LogP contribution in [0, 0.1) is 0 Å². The van der Waals surface area contributed by atoms with Gasteiger partial charge in [0.05, 0.1) is 17.6 Å². The Balaban J connectivity index is 1.43. The van der Waals surface area contributed by atoms with E-state index in [0.717, 1.165) is 25.7 Å². The van der Waals surface area contributed by atoms with Crippen LogP contribution in [0.5, 0.6) is 0 Å². The molecule has 0 aliphatic carbocycles. The quantitative estimate of drug-likeness (QED) is 0.0972. The van der Waals surface area contributed by atoms with Gasteiger partial charge in [0.15, 0.2) is 23.0 Å². The summed E-state index contributed by atoms with van der Waals surface area (Å²) in [4.78, 5) is 22.1. The first-order valence-electron chi connectivity index (χ1n) is 15.9. The maximum absolute atomic E-state index is 12.0. The number of benzene rings is 2. The molecule has 0 amide bonds. The van der Waals surface area contributed by atoms with E-state index in [-0.39, 0.29) is 11.5 Å². The minimum atomic E-state index is -4.70. The zero-order valence-corrected chi connectivity index (χ0v) is 28.6. The van der Waals surface area contributed by atoms with E-state index in [0.29, 0.717) is 58.3 Å². The first kappa shape index (κ1) is 34.1. The standard InChI is InChI=1S/C33H36N8O6S2/c1-3-5-20-38-28(40(22-48(42,43)44)32-30(38)34-24-14-10-12-16-26(24)36-32)18-8-7-9-19-29-39(21-6-4-2)31-33(41(29)23-49(45,46)47)37-27-17-13-11-15-25(27)35-31/h7-19H,3-6,20-23H2,1-2H3,(H-,42,43,44,45,46,47)/p-1. The van der Waals surface area contributed by atoms with Crippen LogP contribution in [-0.4, -0.2) is 62.9 Å². The Morgan fingerprint density at radius 3 is 1.88 bits per heavy atom. The van der Waals surface area contributed by atoms with Gasteiger partial charge in [-0.2, -0.15) is 0 Å². The molecule has 14 nitrogen and oxygen atoms in total. The number of imidazole rings is 1. The van der Waals surface area contributed by atoms with Crippen molar-refractivity contribution in [1.82, 2.24) is 24.5 Å². The molecule has 6 rings (SSSR count). The summed E-state index contributed by atoms with van der Waals surface area (Å²) in [6, 6.07) is 14.5. The molecule has 256 valence electrons. The smallest absolute Gasteiger partial charge is 0.324 e. The Morgan fingerprint density at radius 1 is 0.714 bits per heavy atom. The fraction of sp³-hybridized carbons (Fsp3) is 0.303. The molecule has 0 unspecified atom stereocenters. The molecule has 0 bridgehead atoms. The highest BCUT2D eigenvalue weighted by atomic mass is 32.2. The first-order chi connectivity index (χ1) is 23.5. The number of nitrogens with zero attached hydrogens (tertiary/aromatic N) is 8. The molecule has 1 aliphatic rings. The fourth-order valence-corrected chi connectivity index (χ4v) is 6.91. The van der Waals surface area contributed by atoms with E-state index in [1.54, 1.807) is 54.6 Å². The average molecular weight is 704 g/mol. The number of allylic oxidation sites excluding steroid dienone is 4. The van der Waals surface area contributed by atoms with Gasteiger partial charge in [0.25, 0.3) is 5.65 Å². The van der Waals surface area contributed by atoms with Gasteiger partial charge in [0.1, 0.15) is 37.5 Å². The lowest BCUT2D eigenvalue weighted by Gasteiger charge is -2.25. The van der Waals surface area contributed by atoms with E-state index < -0.39 is 32.0 Å². The lowest BCUT2D eigenvalue weighted by atomic mass is 10.3. The van der Waals surface area contributed by atoms with Gasteiger partial charge in [-0.05, 0) is 43.2 Å². The first-order valence-corrected chi connectivity index (χ1v) is 19.1. The van der Waals surface area contributed by atoms with Crippen LogP contribution in [0.3, 0.4) is 0 Å². The number of para-hydroxylation sites is 4. The molecule has 49 heavy (non-hydrogen) atoms. The normalized spacial score (nSPS) is 14.9. The van der Waals surface area contributed by atoms with Crippen LogP contribution >= 0.6 is 0 Å². The lowest BCUT2D eigenvalue weighted by molar-refractivity contribution is -0.656. The number of hydrogen-bond donors (Lipinski definition) is 0. The van der Waals surface area contributed by atoms with Crippen molar-refractivity contribution in [2.75, 3.05) is 22.2 Å². The molecule has 0 radical (unpaired) electrons. The third kappa shape index (κ3) is 7.46. The van der Waals surface area contributed by atoms with Gasteiger partial charge < -0.3 is 14.0 Å². The van der Waals surface area contributed by atoms with Crippen molar-refractivity contribution in [2.24, 2.45) is 0 Å². The summed E-state index contributed by atoms with van der Waals surface area (Å²) >= 11 is 0. The SMILES string of the molecule is CCCCN1C(=CC=CC=Cc2n(CCCC)c3nc4ccccc4nc3[n+]2CS(=O)(=O)[O-])N(CS(=O)(=O)[O-])c2nc3ccccc3nc21. The van der Waals surface area contributed by atoms with Crippen molar-refractivity contribution in [3.05, 3.63) is 84.5 Å². The zero-order chi connectivity index (χ0) is 34.8. The summed E-state index contributed by atoms with van der Waals surface area (Å²) in [7, 11) is -9.40. The Labute approximate surface area is 284 Å². The van der Waals surface area contributed by atoms with Gasteiger partial charge in [-0.1, -0.05) is 74.2 Å². The van der Waals surface area contributed by atoms with Gasteiger partial charge >= 0.3 is 5.65 Å². The Hall–Kier alpha value is -4.77. The molecular formula is C33H35N8O6S2-. The van der Waals surface area contributed by atoms with E-state index in [2.05, 4.69) is 9.97 Å². The summed E-state index contributed by atoms with van der Waals surface area (Å²) < 4.78 is 75.5. The molecule has 0 spiro atoms. The summed E-state index contributed by atoms with van der Waals surface area (Å²) in [5.41, 5.74) is 3.13. The third-order valence-electron chi connectivity index (χ3n) is 7.96. The predicted molar refractivity (Wildman–Crippen MR) is 185 cm³/mol. The zero-order valence-electron chi connectivity index (χ0n) is 27.0. The number of aromatic nitrogens is 6. The van der Waals surface area contributed by atoms with Crippen molar-refractivity contribution in [2.45, 2.75) is 52.0 Å². The van der Waals surface area contributed by atoms with Crippen molar-refractivity contribution < 1.29 is 30.5 Å². The highest BCUT2D eigenvalue weighted by molar-refractivity contribution is 7.85. The van der Waals surface area contributed by atoms with Crippen LogP contribution < -0.4 is 14.4 Å². The maximum Gasteiger partial charge on any atom is 0.324 e. The monoisotopic (exact) mass is 703 g/mol. The number of hydrogen-bond acceptors (Lipinski definition) is 12. The molecule has 1 aliphatic heterocycles. The van der Waals surface area contributed by atoms with Crippen LogP contribution in [0.15, 0.2) is 78.7 Å². The van der Waals surface area contributed by atoms with E-state index in [1.807, 2.05) is 47.6 Å². The Bertz CT molecular complexity index is 2350. The largest absolute Gasteiger partial charge is 0.747 e. The summed E-state index contributed by atoms with van der Waals surface area (Å²) in [6.45, 7) is 5.09. The van der Waals surface area contributed by atoms with Crippen LogP contribution in [0.4, 0.5) is 11.6 Å². The molecule has 0 saturated heterocycles. The minimum Gasteiger partial charge on any atom is -0.747 e. The second-order valence-electron chi connectivity index (χ2n) is 11.6. The van der Waals surface area contributed by atoms with E-state index in [4.69, 9.17) is 9.97 Å². The predicted octanol–water partition coefficient (Wildman–Crippen LogP) is 4.16. The fourth-order valence-electron chi connectivity index (χ4n) is 5.76. The molecule has 16 heteroatoms. The molecule has 3 aromatic heterocycles. The molecule has 2 aromatic carbocycles. The van der Waals surface area contributed by atoms with E-state index in [9.17, 15) is 25.9 Å². The summed E-state index contributed by atoms with van der Waals surface area (Å²) in [5, 5.41) is 0. The van der Waals surface area contributed by atoms with E-state index >= 15 is 0 Å². The van der Waals surface area contributed by atoms with Gasteiger partial charge in [0.2, 0.25) is 5.82 Å². The van der Waals surface area contributed by atoms with Gasteiger partial charge in [0, 0.05) is 12.6 Å². The van der Waals surface area contributed by atoms with Gasteiger partial charge in [-0.15, -0.1) is 0 Å². The molecule has 0 saturated carbocycles. The topological polar surface area (TPSA) is 181 Å². The van der Waals surface area contributed by atoms with Crippen molar-refractivity contribution in [3.63, 3.8) is 0 Å². The lowest BCUT2D eigenvalue weighted by Crippen LogP contribution is -2.40. The molecule has 5 aromatic rings. The Morgan fingerprint density at radius 2 is 1.29 bits per heavy atom. The number of unbranched alkanes of at least 4 members (excludes halogenated alkanes) is 2. The minimum absolute atomic E-state index is 0.275. The summed E-state index contributed by atoms with van der Waals surface area (Å²) in [6.07, 6.45) is 11.7. The number of aryl methyl sites for hydroxylation is 1. The molecule has 0 atom stereocenters. The highest BCUT2D eigenvalue weighted by Gasteiger charge is 2.35. The Kier molecular flexibility index (Phi) is 9.74. The second-order valence-corrected chi connectivity index (χ2v) is 14.3. The summed E-state index contributed by atoms with van der Waals surface area (Å²) in [5.74, 6) is -0.0858. The van der Waals surface area contributed by atoms with Crippen molar-refractivity contribution >= 4 is 71.3 Å². The van der Waals surface area contributed by atoms with Crippen LogP contribution in [0.25, 0.3) is 39.4 Å². The maximum atomic E-state index is 12.0. The van der Waals surface area contributed by atoms with Crippen LogP contribution in [-0.2, 0) is 32.7 Å². The number of rotatable bonds is 13. The van der Waals surface area contributed by atoms with Crippen molar-refractivity contribution in [1.29, 1.82) is 0 Å². The van der Waals surface area contributed by atoms with Gasteiger partial charge in [-0.3, -0.25) is 4.90 Å². The highest BCUT2D eigenvalue weighted by Crippen LogP contribution is 2.40. The second kappa shape index (κ2) is 14.0. The number of anilines is 2. The van der Waals surface area contributed by atoms with Crippen LogP contribution in [0.1, 0.15) is 45.4 Å². The average Bonchev–Trinajstić information content (AvgIpc) is 3.48. The van der Waals surface area contributed by atoms with Gasteiger partial charge in [-0.25, -0.2) is 40.9 Å².